The molecule has 1 aromatic carbocycles. The molecule has 0 saturated carbocycles. The van der Waals surface area contributed by atoms with E-state index in [4.69, 9.17) is 19.7 Å². The zero-order valence-corrected chi connectivity index (χ0v) is 11.6. The molecule has 0 radical (unpaired) electrons. The van der Waals surface area contributed by atoms with Crippen molar-refractivity contribution < 1.29 is 19.3 Å². The van der Waals surface area contributed by atoms with Crippen LogP contribution in [0.4, 0.5) is 0 Å². The highest BCUT2D eigenvalue weighted by atomic mass is 16.7. The molecular formula is C14H17N3O4. The van der Waals surface area contributed by atoms with Crippen LogP contribution >= 0.6 is 0 Å². The average molecular weight is 291 g/mol. The molecule has 2 fully saturated rings. The Hall–Kier alpha value is -1.63. The van der Waals surface area contributed by atoms with Crippen LogP contribution in [0, 0.1) is 5.92 Å². The number of azide groups is 1. The van der Waals surface area contributed by atoms with Crippen LogP contribution in [0.3, 0.4) is 0 Å². The second-order valence-corrected chi connectivity index (χ2v) is 5.30. The predicted octanol–water partition coefficient (Wildman–Crippen LogP) is 2.13. The van der Waals surface area contributed by atoms with Crippen molar-refractivity contribution in [2.45, 2.75) is 37.8 Å². The summed E-state index contributed by atoms with van der Waals surface area (Å²) in [4.78, 5) is 2.75. The van der Waals surface area contributed by atoms with E-state index in [1.54, 1.807) is 6.92 Å². The first-order chi connectivity index (χ1) is 10.2. The molecule has 2 aliphatic heterocycles. The second kappa shape index (κ2) is 6.01. The molecule has 0 bridgehead atoms. The molecule has 2 heterocycles. The summed E-state index contributed by atoms with van der Waals surface area (Å²) in [6.45, 7) is 2.06. The van der Waals surface area contributed by atoms with Gasteiger partial charge in [0.15, 0.2) is 6.29 Å². The summed E-state index contributed by atoms with van der Waals surface area (Å²) in [5, 5.41) is 14.0. The van der Waals surface area contributed by atoms with Crippen molar-refractivity contribution in [3.05, 3.63) is 46.3 Å². The topological polar surface area (TPSA) is 96.7 Å². The van der Waals surface area contributed by atoms with Gasteiger partial charge in [-0.2, -0.15) is 0 Å². The fourth-order valence-corrected chi connectivity index (χ4v) is 2.70. The van der Waals surface area contributed by atoms with Gasteiger partial charge in [-0.15, -0.1) is 0 Å². The van der Waals surface area contributed by atoms with Crippen molar-refractivity contribution >= 4 is 0 Å². The Balaban J connectivity index is 1.76. The van der Waals surface area contributed by atoms with E-state index in [1.165, 1.54) is 0 Å². The van der Waals surface area contributed by atoms with Crippen LogP contribution < -0.4 is 0 Å². The van der Waals surface area contributed by atoms with Gasteiger partial charge in [-0.05, 0) is 5.53 Å². The first kappa shape index (κ1) is 14.3. The lowest BCUT2D eigenvalue weighted by atomic mass is 9.91. The number of benzene rings is 1. The minimum atomic E-state index is -0.769. The molecule has 3 rings (SSSR count). The summed E-state index contributed by atoms with van der Waals surface area (Å²) in [7, 11) is 0. The van der Waals surface area contributed by atoms with Crippen molar-refractivity contribution in [2.75, 3.05) is 6.61 Å². The number of rotatable bonds is 2. The summed E-state index contributed by atoms with van der Waals surface area (Å²) in [5.74, 6) is -0.336. The quantitative estimate of drug-likeness (QED) is 0.513. The molecule has 21 heavy (non-hydrogen) atoms. The molecular weight excluding hydrogens is 274 g/mol. The lowest BCUT2D eigenvalue weighted by molar-refractivity contribution is -0.319. The smallest absolute Gasteiger partial charge is 0.184 e. The number of aliphatic hydroxyl groups is 1. The number of hydrogen-bond acceptors (Lipinski definition) is 5. The maximum absolute atomic E-state index is 10.4. The van der Waals surface area contributed by atoms with E-state index in [9.17, 15) is 5.11 Å². The van der Waals surface area contributed by atoms with Crippen LogP contribution in [0.2, 0.25) is 0 Å². The fourth-order valence-electron chi connectivity index (χ4n) is 2.70. The molecule has 6 atom stereocenters. The van der Waals surface area contributed by atoms with Crippen LogP contribution in [0.5, 0.6) is 0 Å². The number of ether oxygens (including phenoxy) is 3. The highest BCUT2D eigenvalue weighted by Gasteiger charge is 2.47. The van der Waals surface area contributed by atoms with E-state index in [1.807, 2.05) is 30.3 Å². The maximum atomic E-state index is 10.4. The van der Waals surface area contributed by atoms with Gasteiger partial charge < -0.3 is 19.3 Å². The summed E-state index contributed by atoms with van der Waals surface area (Å²) in [6.07, 6.45) is -2.93. The molecule has 7 nitrogen and oxygen atoms in total. The number of fused-ring (bicyclic) bond motifs is 1. The zero-order valence-electron chi connectivity index (χ0n) is 11.6. The molecule has 2 saturated heterocycles. The van der Waals surface area contributed by atoms with Gasteiger partial charge in [0, 0.05) is 16.4 Å². The van der Waals surface area contributed by atoms with Gasteiger partial charge in [-0.1, -0.05) is 42.4 Å². The molecule has 1 N–H and O–H groups in total. The third kappa shape index (κ3) is 2.74. The van der Waals surface area contributed by atoms with Crippen LogP contribution in [-0.4, -0.2) is 36.3 Å². The normalized spacial score (nSPS) is 39.1. The van der Waals surface area contributed by atoms with E-state index in [0.29, 0.717) is 0 Å². The highest BCUT2D eigenvalue weighted by Crippen LogP contribution is 2.36. The third-order valence-electron chi connectivity index (χ3n) is 3.94. The zero-order chi connectivity index (χ0) is 14.8. The number of hydrogen-bond donors (Lipinski definition) is 1. The van der Waals surface area contributed by atoms with E-state index < -0.39 is 30.8 Å². The van der Waals surface area contributed by atoms with Crippen LogP contribution in [0.1, 0.15) is 18.8 Å². The van der Waals surface area contributed by atoms with Crippen molar-refractivity contribution in [1.82, 2.24) is 0 Å². The van der Waals surface area contributed by atoms with Crippen LogP contribution in [0.25, 0.3) is 10.4 Å². The molecule has 1 aromatic rings. The van der Waals surface area contributed by atoms with Crippen molar-refractivity contribution in [3.8, 4) is 0 Å². The fraction of sp³-hybridized carbons (Fsp3) is 0.571. The van der Waals surface area contributed by atoms with Gasteiger partial charge in [-0.25, -0.2) is 0 Å². The van der Waals surface area contributed by atoms with Crippen LogP contribution in [0.15, 0.2) is 35.4 Å². The third-order valence-corrected chi connectivity index (χ3v) is 3.94. The van der Waals surface area contributed by atoms with Crippen molar-refractivity contribution in [1.29, 1.82) is 0 Å². The Morgan fingerprint density at radius 2 is 2.05 bits per heavy atom. The van der Waals surface area contributed by atoms with Gasteiger partial charge in [0.2, 0.25) is 0 Å². The summed E-state index contributed by atoms with van der Waals surface area (Å²) in [6, 6.07) is 9.55. The highest BCUT2D eigenvalue weighted by molar-refractivity contribution is 5.16. The van der Waals surface area contributed by atoms with Crippen molar-refractivity contribution in [3.63, 3.8) is 0 Å². The van der Waals surface area contributed by atoms with E-state index in [-0.39, 0.29) is 12.5 Å². The largest absolute Gasteiger partial charge is 0.390 e. The Labute approximate surface area is 122 Å². The number of aliphatic hydroxyl groups excluding tert-OH is 1. The van der Waals surface area contributed by atoms with Gasteiger partial charge in [0.05, 0.1) is 12.7 Å². The Kier molecular flexibility index (Phi) is 4.10. The Bertz CT molecular complexity index is 532. The van der Waals surface area contributed by atoms with Crippen molar-refractivity contribution in [2.24, 2.45) is 11.0 Å². The molecule has 3 unspecified atom stereocenters. The molecule has 0 aliphatic carbocycles. The minimum absolute atomic E-state index is 0.283. The lowest BCUT2D eigenvalue weighted by Crippen LogP contribution is -2.58. The lowest BCUT2D eigenvalue weighted by Gasteiger charge is -2.46. The SMILES string of the molecule is CC1[C@H](N=[N+]=[N-])OC2COC(c3ccccc3)O[C@@H]2[C@@H]1O. The van der Waals surface area contributed by atoms with Crippen LogP contribution in [-0.2, 0) is 14.2 Å². The molecule has 0 amide bonds. The van der Waals surface area contributed by atoms with Gasteiger partial charge in [0.25, 0.3) is 0 Å². The molecule has 112 valence electrons. The van der Waals surface area contributed by atoms with E-state index in [2.05, 4.69) is 10.0 Å². The molecule has 0 spiro atoms. The molecule has 2 aliphatic rings. The van der Waals surface area contributed by atoms with Gasteiger partial charge in [0.1, 0.15) is 18.4 Å². The Morgan fingerprint density at radius 1 is 1.29 bits per heavy atom. The molecule has 7 heteroatoms. The predicted molar refractivity (Wildman–Crippen MR) is 73.0 cm³/mol. The number of nitrogens with zero attached hydrogens (tertiary/aromatic N) is 3. The maximum Gasteiger partial charge on any atom is 0.184 e. The summed E-state index contributed by atoms with van der Waals surface area (Å²) in [5.41, 5.74) is 9.44. The monoisotopic (exact) mass is 291 g/mol. The first-order valence-electron chi connectivity index (χ1n) is 6.90. The minimum Gasteiger partial charge on any atom is -0.390 e. The summed E-state index contributed by atoms with van der Waals surface area (Å²) >= 11 is 0. The second-order valence-electron chi connectivity index (χ2n) is 5.30. The molecule has 0 aromatic heterocycles. The standard InChI is InChI=1S/C14H17N3O4/c1-8-11(18)12-10(20-13(8)16-17-15)7-19-14(21-12)9-5-3-2-4-6-9/h2-6,8,10-14,18H,7H2,1H3/t8?,10?,11-,12+,13-,14?/m1/s1. The van der Waals surface area contributed by atoms with Gasteiger partial charge in [-0.3, -0.25) is 0 Å². The van der Waals surface area contributed by atoms with E-state index >= 15 is 0 Å². The van der Waals surface area contributed by atoms with Gasteiger partial charge >= 0.3 is 0 Å². The van der Waals surface area contributed by atoms with E-state index in [0.717, 1.165) is 5.56 Å². The average Bonchev–Trinajstić information content (AvgIpc) is 2.53. The Morgan fingerprint density at radius 3 is 2.76 bits per heavy atom. The first-order valence-corrected chi connectivity index (χ1v) is 6.90. The summed E-state index contributed by atoms with van der Waals surface area (Å²) < 4.78 is 17.2.